The number of halogens is 1. The van der Waals surface area contributed by atoms with E-state index in [1.54, 1.807) is 10.7 Å². The van der Waals surface area contributed by atoms with Gasteiger partial charge in [0.1, 0.15) is 5.69 Å². The van der Waals surface area contributed by atoms with Gasteiger partial charge in [0.05, 0.1) is 11.4 Å². The van der Waals surface area contributed by atoms with Crippen LogP contribution in [0.5, 0.6) is 0 Å². The van der Waals surface area contributed by atoms with Crippen molar-refractivity contribution in [2.45, 2.75) is 32.6 Å². The number of rotatable bonds is 5. The average Bonchev–Trinajstić information content (AvgIpc) is 2.84. The zero-order valence-electron chi connectivity index (χ0n) is 11.0. The van der Waals surface area contributed by atoms with Crippen LogP contribution in [0.25, 0.3) is 5.69 Å². The quantitative estimate of drug-likeness (QED) is 0.784. The summed E-state index contributed by atoms with van der Waals surface area (Å²) in [6.07, 6.45) is 2.64. The third-order valence-corrected chi connectivity index (χ3v) is 3.50. The van der Waals surface area contributed by atoms with E-state index in [0.717, 1.165) is 30.5 Å². The highest BCUT2D eigenvalue weighted by Gasteiger charge is 2.20. The Kier molecular flexibility index (Phi) is 4.32. The average molecular weight is 278 g/mol. The van der Waals surface area contributed by atoms with E-state index in [2.05, 4.69) is 24.2 Å². The van der Waals surface area contributed by atoms with Crippen LogP contribution >= 0.6 is 11.6 Å². The lowest BCUT2D eigenvalue weighted by Gasteiger charge is -2.15. The molecule has 0 aliphatic heterocycles. The molecule has 2 aromatic rings. The van der Waals surface area contributed by atoms with Crippen LogP contribution in [0.1, 0.15) is 48.8 Å². The van der Waals surface area contributed by atoms with Gasteiger partial charge in [0, 0.05) is 10.9 Å². The van der Waals surface area contributed by atoms with E-state index in [-0.39, 0.29) is 5.92 Å². The normalized spacial score (nSPS) is 10.9. The molecular weight excluding hydrogens is 262 g/mol. The van der Waals surface area contributed by atoms with Gasteiger partial charge in [0.25, 0.3) is 0 Å². The lowest BCUT2D eigenvalue weighted by Crippen LogP contribution is -2.08. The van der Waals surface area contributed by atoms with Crippen LogP contribution < -0.4 is 0 Å². The molecule has 19 heavy (non-hydrogen) atoms. The predicted octanol–water partition coefficient (Wildman–Crippen LogP) is 3.64. The third kappa shape index (κ3) is 2.68. The Morgan fingerprint density at radius 3 is 2.68 bits per heavy atom. The summed E-state index contributed by atoms with van der Waals surface area (Å²) in [6.45, 7) is 4.19. The predicted molar refractivity (Wildman–Crippen MR) is 75.1 cm³/mol. The van der Waals surface area contributed by atoms with E-state index in [9.17, 15) is 4.79 Å². The van der Waals surface area contributed by atoms with Gasteiger partial charge in [-0.2, -0.15) is 0 Å². The van der Waals surface area contributed by atoms with Crippen LogP contribution in [0.15, 0.2) is 24.3 Å². The van der Waals surface area contributed by atoms with Gasteiger partial charge in [-0.25, -0.2) is 4.68 Å². The van der Waals surface area contributed by atoms with Crippen molar-refractivity contribution in [2.24, 2.45) is 0 Å². The van der Waals surface area contributed by atoms with Crippen LogP contribution in [-0.2, 0) is 0 Å². The first-order chi connectivity index (χ1) is 9.21. The second-order valence-electron chi connectivity index (χ2n) is 4.38. The highest BCUT2D eigenvalue weighted by Crippen LogP contribution is 2.27. The molecule has 0 saturated carbocycles. The van der Waals surface area contributed by atoms with Crippen molar-refractivity contribution >= 4 is 17.9 Å². The Balaban J connectivity index is 2.57. The summed E-state index contributed by atoms with van der Waals surface area (Å²) < 4.78 is 1.72. The lowest BCUT2D eigenvalue weighted by molar-refractivity contribution is 0.111. The van der Waals surface area contributed by atoms with E-state index in [1.165, 1.54) is 0 Å². The molecule has 0 saturated heterocycles. The van der Waals surface area contributed by atoms with E-state index in [4.69, 9.17) is 11.6 Å². The molecule has 0 atom stereocenters. The van der Waals surface area contributed by atoms with Crippen molar-refractivity contribution in [1.29, 1.82) is 0 Å². The second-order valence-corrected chi connectivity index (χ2v) is 4.82. The van der Waals surface area contributed by atoms with Crippen molar-refractivity contribution in [3.63, 3.8) is 0 Å². The van der Waals surface area contributed by atoms with E-state index < -0.39 is 0 Å². The minimum absolute atomic E-state index is 0.259. The number of benzene rings is 1. The Labute approximate surface area is 117 Å². The molecule has 2 rings (SSSR count). The van der Waals surface area contributed by atoms with Gasteiger partial charge in [0.2, 0.25) is 0 Å². The smallest absolute Gasteiger partial charge is 0.172 e. The fourth-order valence-corrected chi connectivity index (χ4v) is 2.43. The number of hydrogen-bond acceptors (Lipinski definition) is 3. The van der Waals surface area contributed by atoms with Crippen molar-refractivity contribution in [1.82, 2.24) is 15.0 Å². The summed E-state index contributed by atoms with van der Waals surface area (Å²) >= 11 is 6.00. The summed E-state index contributed by atoms with van der Waals surface area (Å²) in [5.74, 6) is 0.259. The molecule has 1 aromatic heterocycles. The molecule has 5 heteroatoms. The molecule has 1 heterocycles. The molecule has 100 valence electrons. The van der Waals surface area contributed by atoms with Gasteiger partial charge < -0.3 is 0 Å². The molecule has 0 spiro atoms. The molecule has 0 aliphatic carbocycles. The molecule has 0 unspecified atom stereocenters. The first-order valence-corrected chi connectivity index (χ1v) is 6.75. The lowest BCUT2D eigenvalue weighted by atomic mass is 9.97. The molecule has 0 fully saturated rings. The number of carbonyl (C=O) groups is 1. The fourth-order valence-electron chi connectivity index (χ4n) is 2.24. The molecule has 0 aliphatic rings. The summed E-state index contributed by atoms with van der Waals surface area (Å²) in [5, 5.41) is 8.69. The van der Waals surface area contributed by atoms with Crippen molar-refractivity contribution in [3.8, 4) is 5.69 Å². The summed E-state index contributed by atoms with van der Waals surface area (Å²) in [5.41, 5.74) is 2.10. The fraction of sp³-hybridized carbons (Fsp3) is 0.357. The van der Waals surface area contributed by atoms with Crippen LogP contribution in [0.2, 0.25) is 5.02 Å². The maximum Gasteiger partial charge on any atom is 0.172 e. The number of hydrogen-bond donors (Lipinski definition) is 0. The van der Waals surface area contributed by atoms with Crippen LogP contribution in [-0.4, -0.2) is 21.3 Å². The first-order valence-electron chi connectivity index (χ1n) is 6.37. The zero-order valence-corrected chi connectivity index (χ0v) is 11.8. The number of aldehydes is 1. The molecule has 0 bridgehead atoms. The molecule has 0 radical (unpaired) electrons. The first kappa shape index (κ1) is 13.7. The van der Waals surface area contributed by atoms with Crippen molar-refractivity contribution < 1.29 is 4.79 Å². The van der Waals surface area contributed by atoms with Crippen LogP contribution in [0.3, 0.4) is 0 Å². The van der Waals surface area contributed by atoms with Gasteiger partial charge in [-0.1, -0.05) is 36.7 Å². The van der Waals surface area contributed by atoms with E-state index in [0.29, 0.717) is 10.7 Å². The highest BCUT2D eigenvalue weighted by molar-refractivity contribution is 6.30. The Morgan fingerprint density at radius 2 is 2.11 bits per heavy atom. The Hall–Kier alpha value is -1.68. The monoisotopic (exact) mass is 277 g/mol. The van der Waals surface area contributed by atoms with Crippen molar-refractivity contribution in [2.75, 3.05) is 0 Å². The summed E-state index contributed by atoms with van der Waals surface area (Å²) in [4.78, 5) is 11.1. The Morgan fingerprint density at radius 1 is 1.37 bits per heavy atom. The highest BCUT2D eigenvalue weighted by atomic mass is 35.5. The minimum Gasteiger partial charge on any atom is -0.296 e. The Bertz CT molecular complexity index is 576. The summed E-state index contributed by atoms with van der Waals surface area (Å²) in [7, 11) is 0. The molecule has 4 nitrogen and oxygen atoms in total. The van der Waals surface area contributed by atoms with Crippen LogP contribution in [0, 0.1) is 0 Å². The maximum atomic E-state index is 11.1. The standard InChI is InChI=1S/C14H16ClN3O/c1-3-10(4-2)14-13(9-19)16-17-18(14)12-7-5-6-11(15)8-12/h5-10H,3-4H2,1-2H3. The van der Waals surface area contributed by atoms with Crippen LogP contribution in [0.4, 0.5) is 0 Å². The molecular formula is C14H16ClN3O. The second kappa shape index (κ2) is 5.97. The number of carbonyl (C=O) groups excluding carboxylic acids is 1. The van der Waals surface area contributed by atoms with Gasteiger partial charge in [0.15, 0.2) is 6.29 Å². The van der Waals surface area contributed by atoms with Gasteiger partial charge in [-0.3, -0.25) is 4.79 Å². The zero-order chi connectivity index (χ0) is 13.8. The van der Waals surface area contributed by atoms with E-state index >= 15 is 0 Å². The molecule has 1 aromatic carbocycles. The molecule has 0 amide bonds. The SMILES string of the molecule is CCC(CC)c1c(C=O)nnn1-c1cccc(Cl)c1. The minimum atomic E-state index is 0.259. The largest absolute Gasteiger partial charge is 0.296 e. The van der Waals surface area contributed by atoms with Crippen molar-refractivity contribution in [3.05, 3.63) is 40.7 Å². The third-order valence-electron chi connectivity index (χ3n) is 3.27. The van der Waals surface area contributed by atoms with E-state index in [1.807, 2.05) is 18.2 Å². The van der Waals surface area contributed by atoms with Gasteiger partial charge >= 0.3 is 0 Å². The van der Waals surface area contributed by atoms with Gasteiger partial charge in [-0.05, 0) is 31.0 Å². The molecule has 0 N–H and O–H groups in total. The van der Waals surface area contributed by atoms with Gasteiger partial charge in [-0.15, -0.1) is 5.10 Å². The number of nitrogens with zero attached hydrogens (tertiary/aromatic N) is 3. The maximum absolute atomic E-state index is 11.1. The summed E-state index contributed by atoms with van der Waals surface area (Å²) in [6, 6.07) is 7.38. The number of aromatic nitrogens is 3. The topological polar surface area (TPSA) is 47.8 Å².